The number of nitroso groups, excluding NO2 is 1. The standard InChI is InChI=1S/C11H21N3O/c15-13-10-2-4-11(5-3-10)14-8-1-6-12-7-9-14/h10-12H,1-9H2. The summed E-state index contributed by atoms with van der Waals surface area (Å²) in [6.45, 7) is 4.66. The second-order valence-corrected chi connectivity index (χ2v) is 4.71. The first kappa shape index (κ1) is 11.0. The highest BCUT2D eigenvalue weighted by Gasteiger charge is 2.26. The summed E-state index contributed by atoms with van der Waals surface area (Å²) in [6, 6.07) is 0.814. The predicted molar refractivity (Wildman–Crippen MR) is 60.9 cm³/mol. The van der Waals surface area contributed by atoms with E-state index in [1.807, 2.05) is 0 Å². The zero-order valence-electron chi connectivity index (χ0n) is 9.32. The van der Waals surface area contributed by atoms with E-state index in [9.17, 15) is 4.91 Å². The first-order valence-corrected chi connectivity index (χ1v) is 6.17. The van der Waals surface area contributed by atoms with E-state index < -0.39 is 0 Å². The minimum atomic E-state index is 0.103. The molecular formula is C11H21N3O. The lowest BCUT2D eigenvalue weighted by molar-refractivity contribution is 0.159. The maximum Gasteiger partial charge on any atom is 0.0921 e. The van der Waals surface area contributed by atoms with Gasteiger partial charge in [-0.2, -0.15) is 4.91 Å². The number of rotatable bonds is 2. The summed E-state index contributed by atoms with van der Waals surface area (Å²) < 4.78 is 0. The molecule has 0 unspecified atom stereocenters. The highest BCUT2D eigenvalue weighted by Crippen LogP contribution is 2.25. The Bertz CT molecular complexity index is 194. The van der Waals surface area contributed by atoms with Crippen LogP contribution in [0.2, 0.25) is 0 Å². The van der Waals surface area contributed by atoms with E-state index in [1.165, 1.54) is 19.5 Å². The van der Waals surface area contributed by atoms with Gasteiger partial charge in [0.2, 0.25) is 0 Å². The van der Waals surface area contributed by atoms with Gasteiger partial charge in [-0.1, -0.05) is 5.18 Å². The lowest BCUT2D eigenvalue weighted by Gasteiger charge is -2.34. The fourth-order valence-corrected chi connectivity index (χ4v) is 2.76. The van der Waals surface area contributed by atoms with Crippen molar-refractivity contribution < 1.29 is 0 Å². The molecule has 2 aliphatic rings. The first-order chi connectivity index (χ1) is 7.40. The molecule has 4 heteroatoms. The van der Waals surface area contributed by atoms with Gasteiger partial charge in [0.15, 0.2) is 0 Å². The lowest BCUT2D eigenvalue weighted by Crippen LogP contribution is -2.40. The van der Waals surface area contributed by atoms with Crippen molar-refractivity contribution in [3.63, 3.8) is 0 Å². The van der Waals surface area contributed by atoms with Crippen LogP contribution < -0.4 is 5.32 Å². The van der Waals surface area contributed by atoms with Crippen molar-refractivity contribution in [1.29, 1.82) is 0 Å². The van der Waals surface area contributed by atoms with Crippen molar-refractivity contribution in [1.82, 2.24) is 10.2 Å². The maximum atomic E-state index is 10.4. The van der Waals surface area contributed by atoms with Gasteiger partial charge >= 0.3 is 0 Å². The molecule has 0 amide bonds. The van der Waals surface area contributed by atoms with Crippen molar-refractivity contribution in [3.8, 4) is 0 Å². The summed E-state index contributed by atoms with van der Waals surface area (Å²) in [5.74, 6) is 0. The molecule has 86 valence electrons. The average molecular weight is 211 g/mol. The molecule has 2 fully saturated rings. The minimum absolute atomic E-state index is 0.103. The Balaban J connectivity index is 1.80. The zero-order valence-corrected chi connectivity index (χ0v) is 9.32. The molecule has 0 spiro atoms. The van der Waals surface area contributed by atoms with E-state index in [0.29, 0.717) is 6.04 Å². The second-order valence-electron chi connectivity index (χ2n) is 4.71. The molecule has 0 aromatic carbocycles. The average Bonchev–Trinajstić information content (AvgIpc) is 2.58. The van der Waals surface area contributed by atoms with E-state index >= 15 is 0 Å². The Labute approximate surface area is 91.4 Å². The van der Waals surface area contributed by atoms with Crippen LogP contribution in [0.1, 0.15) is 32.1 Å². The monoisotopic (exact) mass is 211 g/mol. The van der Waals surface area contributed by atoms with Crippen LogP contribution in [-0.4, -0.2) is 43.2 Å². The smallest absolute Gasteiger partial charge is 0.0921 e. The molecule has 0 radical (unpaired) electrons. The number of hydrogen-bond donors (Lipinski definition) is 1. The van der Waals surface area contributed by atoms with Crippen molar-refractivity contribution in [2.75, 3.05) is 26.2 Å². The molecule has 0 aromatic heterocycles. The molecule has 1 N–H and O–H groups in total. The normalized spacial score (nSPS) is 34.7. The molecular weight excluding hydrogens is 190 g/mol. The van der Waals surface area contributed by atoms with Crippen molar-refractivity contribution in [2.24, 2.45) is 5.18 Å². The fraction of sp³-hybridized carbons (Fsp3) is 1.00. The highest BCUT2D eigenvalue weighted by molar-refractivity contribution is 4.83. The zero-order chi connectivity index (χ0) is 10.5. The molecule has 1 heterocycles. The van der Waals surface area contributed by atoms with Gasteiger partial charge in [0.05, 0.1) is 6.04 Å². The van der Waals surface area contributed by atoms with Crippen LogP contribution in [0.5, 0.6) is 0 Å². The molecule has 0 atom stereocenters. The molecule has 4 nitrogen and oxygen atoms in total. The SMILES string of the molecule is O=NC1CCC(N2CCCNCC2)CC1. The van der Waals surface area contributed by atoms with Crippen LogP contribution in [0.25, 0.3) is 0 Å². The summed E-state index contributed by atoms with van der Waals surface area (Å²) in [6.07, 6.45) is 5.58. The first-order valence-electron chi connectivity index (χ1n) is 6.17. The molecule has 0 bridgehead atoms. The van der Waals surface area contributed by atoms with Crippen LogP contribution >= 0.6 is 0 Å². The van der Waals surface area contributed by atoms with Crippen LogP contribution in [0.4, 0.5) is 0 Å². The molecule has 1 saturated carbocycles. The van der Waals surface area contributed by atoms with E-state index in [4.69, 9.17) is 0 Å². The quantitative estimate of drug-likeness (QED) is 0.701. The van der Waals surface area contributed by atoms with Crippen molar-refractivity contribution >= 4 is 0 Å². The summed E-state index contributed by atoms with van der Waals surface area (Å²) in [5, 5.41) is 6.59. The van der Waals surface area contributed by atoms with E-state index in [-0.39, 0.29) is 6.04 Å². The van der Waals surface area contributed by atoms with E-state index in [2.05, 4.69) is 15.4 Å². The van der Waals surface area contributed by atoms with Gasteiger partial charge in [0, 0.05) is 19.1 Å². The molecule has 1 aliphatic heterocycles. The molecule has 2 rings (SSSR count). The van der Waals surface area contributed by atoms with Gasteiger partial charge in [0.1, 0.15) is 0 Å². The third-order valence-electron chi connectivity index (χ3n) is 3.71. The van der Waals surface area contributed by atoms with Crippen molar-refractivity contribution in [3.05, 3.63) is 4.91 Å². The number of hydrogen-bond acceptors (Lipinski definition) is 4. The van der Waals surface area contributed by atoms with Gasteiger partial charge in [-0.3, -0.25) is 4.90 Å². The molecule has 1 aliphatic carbocycles. The maximum absolute atomic E-state index is 10.4. The largest absolute Gasteiger partial charge is 0.315 e. The van der Waals surface area contributed by atoms with Gasteiger partial charge in [-0.15, -0.1) is 0 Å². The Morgan fingerprint density at radius 1 is 1.07 bits per heavy atom. The summed E-state index contributed by atoms with van der Waals surface area (Å²) in [7, 11) is 0. The summed E-state index contributed by atoms with van der Waals surface area (Å²) in [4.78, 5) is 13.0. The Morgan fingerprint density at radius 3 is 2.60 bits per heavy atom. The Morgan fingerprint density at radius 2 is 1.87 bits per heavy atom. The summed E-state index contributed by atoms with van der Waals surface area (Å²) >= 11 is 0. The predicted octanol–water partition coefficient (Wildman–Crippen LogP) is 1.36. The van der Waals surface area contributed by atoms with Crippen LogP contribution in [0.3, 0.4) is 0 Å². The van der Waals surface area contributed by atoms with Gasteiger partial charge < -0.3 is 5.32 Å². The third kappa shape index (κ3) is 2.98. The molecule has 15 heavy (non-hydrogen) atoms. The second kappa shape index (κ2) is 5.56. The number of nitrogens with one attached hydrogen (secondary N) is 1. The number of nitrogens with zero attached hydrogens (tertiary/aromatic N) is 2. The third-order valence-corrected chi connectivity index (χ3v) is 3.71. The summed E-state index contributed by atoms with van der Waals surface area (Å²) in [5.41, 5.74) is 0. The van der Waals surface area contributed by atoms with Crippen LogP contribution in [0, 0.1) is 4.91 Å². The Hall–Kier alpha value is -0.480. The van der Waals surface area contributed by atoms with Crippen LogP contribution in [0.15, 0.2) is 5.18 Å². The highest BCUT2D eigenvalue weighted by atomic mass is 16.3. The van der Waals surface area contributed by atoms with E-state index in [0.717, 1.165) is 38.8 Å². The Kier molecular flexibility index (Phi) is 4.09. The topological polar surface area (TPSA) is 44.7 Å². The molecule has 0 aromatic rings. The van der Waals surface area contributed by atoms with Gasteiger partial charge in [0.25, 0.3) is 0 Å². The van der Waals surface area contributed by atoms with Gasteiger partial charge in [-0.05, 0) is 45.2 Å². The van der Waals surface area contributed by atoms with Crippen LogP contribution in [-0.2, 0) is 0 Å². The van der Waals surface area contributed by atoms with Gasteiger partial charge in [-0.25, -0.2) is 0 Å². The lowest BCUT2D eigenvalue weighted by atomic mass is 9.90. The minimum Gasteiger partial charge on any atom is -0.315 e. The fourth-order valence-electron chi connectivity index (χ4n) is 2.76. The van der Waals surface area contributed by atoms with Crippen molar-refractivity contribution in [2.45, 2.75) is 44.2 Å². The van der Waals surface area contributed by atoms with E-state index in [1.54, 1.807) is 0 Å². The molecule has 1 saturated heterocycles.